The lowest BCUT2D eigenvalue weighted by Crippen LogP contribution is -2.31. The van der Waals surface area contributed by atoms with Crippen LogP contribution in [0.2, 0.25) is 0 Å². The molecule has 150 valence electrons. The Morgan fingerprint density at radius 3 is 2.69 bits per heavy atom. The summed E-state index contributed by atoms with van der Waals surface area (Å²) >= 11 is 0. The summed E-state index contributed by atoms with van der Waals surface area (Å²) in [6, 6.07) is 18.3. The number of benzene rings is 2. The van der Waals surface area contributed by atoms with Gasteiger partial charge in [-0.25, -0.2) is 0 Å². The van der Waals surface area contributed by atoms with E-state index in [1.165, 1.54) is 16.8 Å². The van der Waals surface area contributed by atoms with Crippen LogP contribution in [0.5, 0.6) is 5.75 Å². The van der Waals surface area contributed by atoms with Crippen LogP contribution in [0.25, 0.3) is 0 Å². The van der Waals surface area contributed by atoms with Gasteiger partial charge in [-0.05, 0) is 48.9 Å². The summed E-state index contributed by atoms with van der Waals surface area (Å²) in [5, 5.41) is 7.84. The smallest absolute Gasteiger partial charge is 0.220 e. The lowest BCUT2D eigenvalue weighted by atomic mass is 9.92. The molecule has 1 aromatic heterocycles. The molecule has 0 fully saturated rings. The minimum absolute atomic E-state index is 0.0617. The summed E-state index contributed by atoms with van der Waals surface area (Å²) < 4.78 is 7.26. The molecule has 0 spiro atoms. The van der Waals surface area contributed by atoms with E-state index < -0.39 is 0 Å². The van der Waals surface area contributed by atoms with E-state index in [4.69, 9.17) is 4.74 Å². The van der Waals surface area contributed by atoms with Crippen LogP contribution in [-0.4, -0.2) is 22.8 Å². The van der Waals surface area contributed by atoms with Gasteiger partial charge in [-0.1, -0.05) is 42.5 Å². The molecule has 0 aliphatic heterocycles. The molecule has 0 saturated heterocycles. The summed E-state index contributed by atoms with van der Waals surface area (Å²) in [6.07, 6.45) is 6.19. The lowest BCUT2D eigenvalue weighted by Gasteiger charge is -2.24. The zero-order valence-corrected chi connectivity index (χ0v) is 16.8. The van der Waals surface area contributed by atoms with Crippen LogP contribution in [0.3, 0.4) is 0 Å². The van der Waals surface area contributed by atoms with Gasteiger partial charge in [0, 0.05) is 17.7 Å². The third-order valence-electron chi connectivity index (χ3n) is 5.57. The summed E-state index contributed by atoms with van der Waals surface area (Å²) in [4.78, 5) is 12.6. The van der Waals surface area contributed by atoms with Crippen LogP contribution in [0.1, 0.15) is 47.7 Å². The number of nitrogens with one attached hydrogen (secondary N) is 1. The third kappa shape index (κ3) is 4.67. The van der Waals surface area contributed by atoms with Gasteiger partial charge >= 0.3 is 0 Å². The van der Waals surface area contributed by atoms with Crippen LogP contribution in [-0.2, 0) is 24.2 Å². The quantitative estimate of drug-likeness (QED) is 0.663. The molecular weight excluding hydrogens is 362 g/mol. The van der Waals surface area contributed by atoms with E-state index in [0.29, 0.717) is 6.42 Å². The maximum absolute atomic E-state index is 12.6. The van der Waals surface area contributed by atoms with Crippen molar-refractivity contribution in [3.05, 3.63) is 83.2 Å². The van der Waals surface area contributed by atoms with Crippen molar-refractivity contribution in [1.29, 1.82) is 0 Å². The van der Waals surface area contributed by atoms with Crippen molar-refractivity contribution in [1.82, 2.24) is 15.1 Å². The SMILES string of the molecule is COc1ccc(CCC(=O)N[C@H]2CCCc3c2cnn3Cc2ccccc2)cc1. The number of methoxy groups -OCH3 is 1. The Labute approximate surface area is 171 Å². The third-order valence-corrected chi connectivity index (χ3v) is 5.57. The second-order valence-electron chi connectivity index (χ2n) is 7.55. The van der Waals surface area contributed by atoms with Gasteiger partial charge in [0.25, 0.3) is 0 Å². The number of amides is 1. The topological polar surface area (TPSA) is 56.1 Å². The van der Waals surface area contributed by atoms with E-state index in [9.17, 15) is 4.79 Å². The highest BCUT2D eigenvalue weighted by molar-refractivity contribution is 5.76. The Hall–Kier alpha value is -3.08. The van der Waals surface area contributed by atoms with Crippen molar-refractivity contribution in [3.8, 4) is 5.75 Å². The first-order valence-corrected chi connectivity index (χ1v) is 10.2. The molecule has 1 aliphatic rings. The van der Waals surface area contributed by atoms with Crippen LogP contribution >= 0.6 is 0 Å². The van der Waals surface area contributed by atoms with Gasteiger partial charge in [0.15, 0.2) is 0 Å². The molecule has 0 saturated carbocycles. The Bertz CT molecular complexity index is 948. The van der Waals surface area contributed by atoms with Crippen LogP contribution in [0, 0.1) is 0 Å². The van der Waals surface area contributed by atoms with Crippen LogP contribution in [0.15, 0.2) is 60.8 Å². The van der Waals surface area contributed by atoms with Crippen molar-refractivity contribution < 1.29 is 9.53 Å². The number of hydrogen-bond donors (Lipinski definition) is 1. The molecule has 1 heterocycles. The average Bonchev–Trinajstić information content (AvgIpc) is 3.17. The second kappa shape index (κ2) is 8.95. The first-order valence-electron chi connectivity index (χ1n) is 10.2. The minimum atomic E-state index is 0.0617. The fourth-order valence-corrected chi connectivity index (χ4v) is 3.98. The van der Waals surface area contributed by atoms with Gasteiger partial charge in [0.05, 0.1) is 25.9 Å². The van der Waals surface area contributed by atoms with E-state index >= 15 is 0 Å². The Kier molecular flexibility index (Phi) is 5.94. The number of rotatable bonds is 7. The highest BCUT2D eigenvalue weighted by Crippen LogP contribution is 2.30. The lowest BCUT2D eigenvalue weighted by molar-refractivity contribution is -0.121. The highest BCUT2D eigenvalue weighted by atomic mass is 16.5. The number of hydrogen-bond acceptors (Lipinski definition) is 3. The molecule has 29 heavy (non-hydrogen) atoms. The predicted molar refractivity (Wildman–Crippen MR) is 113 cm³/mol. The van der Waals surface area contributed by atoms with Crippen molar-refractivity contribution >= 4 is 5.91 Å². The van der Waals surface area contributed by atoms with Gasteiger partial charge in [0.2, 0.25) is 5.91 Å². The summed E-state index contributed by atoms with van der Waals surface area (Å²) in [5.41, 5.74) is 4.80. The molecule has 1 atom stereocenters. The first-order chi connectivity index (χ1) is 14.2. The van der Waals surface area contributed by atoms with Crippen LogP contribution < -0.4 is 10.1 Å². The van der Waals surface area contributed by atoms with Gasteiger partial charge in [-0.3, -0.25) is 9.48 Å². The zero-order valence-electron chi connectivity index (χ0n) is 16.8. The molecule has 1 amide bonds. The molecular formula is C24H27N3O2. The van der Waals surface area contributed by atoms with Crippen molar-refractivity contribution in [2.45, 2.75) is 44.7 Å². The molecule has 0 radical (unpaired) electrons. The maximum Gasteiger partial charge on any atom is 0.220 e. The second-order valence-corrected chi connectivity index (χ2v) is 7.55. The molecule has 3 aromatic rings. The van der Waals surface area contributed by atoms with Gasteiger partial charge in [0.1, 0.15) is 5.75 Å². The van der Waals surface area contributed by atoms with E-state index in [2.05, 4.69) is 39.4 Å². The number of fused-ring (bicyclic) bond motifs is 1. The van der Waals surface area contributed by atoms with E-state index in [-0.39, 0.29) is 11.9 Å². The number of aryl methyl sites for hydroxylation is 1. The largest absolute Gasteiger partial charge is 0.497 e. The fourth-order valence-electron chi connectivity index (χ4n) is 3.98. The molecule has 1 N–H and O–H groups in total. The molecule has 4 rings (SSSR count). The molecule has 0 bridgehead atoms. The van der Waals surface area contributed by atoms with Crippen molar-refractivity contribution in [2.24, 2.45) is 0 Å². The monoisotopic (exact) mass is 389 g/mol. The standard InChI is InChI=1S/C24H27N3O2/c1-29-20-13-10-18(11-14-20)12-15-24(28)26-22-8-5-9-23-21(22)16-25-27(23)17-19-6-3-2-4-7-19/h2-4,6-7,10-11,13-14,16,22H,5,8-9,12,15,17H2,1H3,(H,26,28)/t22-/m0/s1. The average molecular weight is 389 g/mol. The van der Waals surface area contributed by atoms with Crippen LogP contribution in [0.4, 0.5) is 0 Å². The predicted octanol–water partition coefficient (Wildman–Crippen LogP) is 4.07. The summed E-state index contributed by atoms with van der Waals surface area (Å²) in [5.74, 6) is 0.926. The number of aromatic nitrogens is 2. The normalized spacial score (nSPS) is 15.6. The first kappa shape index (κ1) is 19.2. The minimum Gasteiger partial charge on any atom is -0.497 e. The van der Waals surface area contributed by atoms with Gasteiger partial charge < -0.3 is 10.1 Å². The van der Waals surface area contributed by atoms with E-state index in [1.54, 1.807) is 7.11 Å². The number of carbonyl (C=O) groups excluding carboxylic acids is 1. The zero-order chi connectivity index (χ0) is 20.1. The Balaban J connectivity index is 1.37. The van der Waals surface area contributed by atoms with E-state index in [0.717, 1.165) is 43.5 Å². The number of nitrogens with zero attached hydrogens (tertiary/aromatic N) is 2. The molecule has 1 aliphatic carbocycles. The number of ether oxygens (including phenoxy) is 1. The highest BCUT2D eigenvalue weighted by Gasteiger charge is 2.25. The molecule has 5 nitrogen and oxygen atoms in total. The molecule has 2 aromatic carbocycles. The maximum atomic E-state index is 12.6. The summed E-state index contributed by atoms with van der Waals surface area (Å²) in [7, 11) is 1.66. The van der Waals surface area contributed by atoms with E-state index in [1.807, 2.05) is 36.5 Å². The molecule has 5 heteroatoms. The summed E-state index contributed by atoms with van der Waals surface area (Å²) in [6.45, 7) is 0.772. The Morgan fingerprint density at radius 1 is 1.14 bits per heavy atom. The number of carbonyl (C=O) groups is 1. The van der Waals surface area contributed by atoms with Gasteiger partial charge in [-0.15, -0.1) is 0 Å². The van der Waals surface area contributed by atoms with Crippen molar-refractivity contribution in [3.63, 3.8) is 0 Å². The molecule has 0 unspecified atom stereocenters. The van der Waals surface area contributed by atoms with Gasteiger partial charge in [-0.2, -0.15) is 5.10 Å². The Morgan fingerprint density at radius 2 is 1.93 bits per heavy atom. The fraction of sp³-hybridized carbons (Fsp3) is 0.333. The van der Waals surface area contributed by atoms with Crippen molar-refractivity contribution in [2.75, 3.05) is 7.11 Å².